The Hall–Kier alpha value is -2.37. The van der Waals surface area contributed by atoms with E-state index in [-0.39, 0.29) is 5.91 Å². The molecule has 2 heterocycles. The summed E-state index contributed by atoms with van der Waals surface area (Å²) >= 11 is 0. The van der Waals surface area contributed by atoms with Crippen LogP contribution in [0.25, 0.3) is 5.82 Å². The monoisotopic (exact) mass is 287 g/mol. The van der Waals surface area contributed by atoms with E-state index in [9.17, 15) is 4.79 Å². The lowest BCUT2D eigenvalue weighted by molar-refractivity contribution is -0.121. The summed E-state index contributed by atoms with van der Waals surface area (Å²) in [5, 5.41) is 6.05. The average Bonchev–Trinajstić information content (AvgIpc) is 2.97. The summed E-state index contributed by atoms with van der Waals surface area (Å²) in [6.07, 6.45) is 5.94. The molecule has 0 radical (unpaired) electrons. The van der Waals surface area contributed by atoms with Crippen molar-refractivity contribution in [1.82, 2.24) is 19.9 Å². The Morgan fingerprint density at radius 2 is 2.00 bits per heavy atom. The van der Waals surface area contributed by atoms with E-state index in [4.69, 9.17) is 0 Å². The summed E-state index contributed by atoms with van der Waals surface area (Å²) in [4.78, 5) is 19.9. The molecule has 112 valence electrons. The largest absolute Gasteiger partial charge is 0.368 e. The minimum Gasteiger partial charge on any atom is -0.368 e. The number of rotatable bonds is 7. The quantitative estimate of drug-likeness (QED) is 0.762. The minimum atomic E-state index is 0.0857. The third-order valence-electron chi connectivity index (χ3n) is 2.87. The third kappa shape index (κ3) is 4.91. The molecule has 0 saturated heterocycles. The number of nitrogens with zero attached hydrogens (tertiary/aromatic N) is 3. The summed E-state index contributed by atoms with van der Waals surface area (Å²) in [7, 11) is 0. The molecule has 0 aliphatic rings. The number of hydrogen-bond donors (Lipinski definition) is 2. The number of anilines is 1. The van der Waals surface area contributed by atoms with Gasteiger partial charge < -0.3 is 15.2 Å². The summed E-state index contributed by atoms with van der Waals surface area (Å²) < 4.78 is 1.91. The number of carbonyl (C=O) groups excluding carboxylic acids is 1. The zero-order chi connectivity index (χ0) is 15.1. The van der Waals surface area contributed by atoms with E-state index in [1.165, 1.54) is 6.33 Å². The highest BCUT2D eigenvalue weighted by Crippen LogP contribution is 2.08. The lowest BCUT2D eigenvalue weighted by atomic mass is 10.1. The van der Waals surface area contributed by atoms with Gasteiger partial charge in [0.15, 0.2) is 0 Å². The molecule has 1 amide bonds. The fourth-order valence-electron chi connectivity index (χ4n) is 1.91. The first-order valence-corrected chi connectivity index (χ1v) is 7.11. The highest BCUT2D eigenvalue weighted by Gasteiger charge is 2.04. The Bertz CT molecular complexity index is 565. The Morgan fingerprint density at radius 3 is 2.71 bits per heavy atom. The van der Waals surface area contributed by atoms with Crippen molar-refractivity contribution in [3.8, 4) is 5.82 Å². The van der Waals surface area contributed by atoms with E-state index in [0.29, 0.717) is 25.4 Å². The maximum atomic E-state index is 11.5. The first-order valence-electron chi connectivity index (χ1n) is 7.11. The zero-order valence-corrected chi connectivity index (χ0v) is 12.4. The molecule has 2 N–H and O–H groups in total. The Labute approximate surface area is 124 Å². The van der Waals surface area contributed by atoms with Crippen LogP contribution in [0, 0.1) is 5.92 Å². The molecule has 6 heteroatoms. The molecule has 0 fully saturated rings. The maximum absolute atomic E-state index is 11.5. The van der Waals surface area contributed by atoms with Gasteiger partial charge in [0, 0.05) is 38.0 Å². The average molecular weight is 287 g/mol. The Morgan fingerprint density at radius 1 is 1.24 bits per heavy atom. The van der Waals surface area contributed by atoms with Gasteiger partial charge in [0.2, 0.25) is 5.91 Å². The van der Waals surface area contributed by atoms with Crippen molar-refractivity contribution in [2.45, 2.75) is 20.3 Å². The molecule has 0 aliphatic heterocycles. The van der Waals surface area contributed by atoms with Crippen LogP contribution in [-0.2, 0) is 4.79 Å². The van der Waals surface area contributed by atoms with Gasteiger partial charge in [-0.25, -0.2) is 9.97 Å². The predicted octanol–water partition coefficient (Wildman–Crippen LogP) is 1.84. The Kier molecular flexibility index (Phi) is 5.31. The molecule has 0 aromatic carbocycles. The lowest BCUT2D eigenvalue weighted by Gasteiger charge is -2.09. The number of amides is 1. The summed E-state index contributed by atoms with van der Waals surface area (Å²) in [6.45, 7) is 5.27. The van der Waals surface area contributed by atoms with Gasteiger partial charge in [0.25, 0.3) is 0 Å². The molecule has 0 aliphatic carbocycles. The van der Waals surface area contributed by atoms with Crippen molar-refractivity contribution < 1.29 is 4.79 Å². The van der Waals surface area contributed by atoms with Gasteiger partial charge in [-0.05, 0) is 18.1 Å². The van der Waals surface area contributed by atoms with Gasteiger partial charge in [-0.15, -0.1) is 0 Å². The van der Waals surface area contributed by atoms with Crippen molar-refractivity contribution in [3.63, 3.8) is 0 Å². The smallest absolute Gasteiger partial charge is 0.220 e. The van der Waals surface area contributed by atoms with Gasteiger partial charge in [0.05, 0.1) is 0 Å². The van der Waals surface area contributed by atoms with E-state index in [2.05, 4.69) is 20.6 Å². The second-order valence-corrected chi connectivity index (χ2v) is 5.23. The number of nitrogens with one attached hydrogen (secondary N) is 2. The van der Waals surface area contributed by atoms with Gasteiger partial charge in [0.1, 0.15) is 18.0 Å². The predicted molar refractivity (Wildman–Crippen MR) is 82.3 cm³/mol. The Balaban J connectivity index is 1.79. The molecule has 0 unspecified atom stereocenters. The van der Waals surface area contributed by atoms with Crippen molar-refractivity contribution >= 4 is 11.7 Å². The first-order chi connectivity index (χ1) is 10.1. The second-order valence-electron chi connectivity index (χ2n) is 5.23. The summed E-state index contributed by atoms with van der Waals surface area (Å²) in [6, 6.07) is 5.76. The fourth-order valence-corrected chi connectivity index (χ4v) is 1.91. The molecule has 0 saturated carbocycles. The van der Waals surface area contributed by atoms with E-state index in [1.807, 2.05) is 49.0 Å². The third-order valence-corrected chi connectivity index (χ3v) is 2.87. The summed E-state index contributed by atoms with van der Waals surface area (Å²) in [5.74, 6) is 2.01. The first kappa shape index (κ1) is 15.0. The van der Waals surface area contributed by atoms with Crippen LogP contribution in [-0.4, -0.2) is 33.5 Å². The van der Waals surface area contributed by atoms with Crippen LogP contribution in [0.2, 0.25) is 0 Å². The number of carbonyl (C=O) groups is 1. The topological polar surface area (TPSA) is 71.8 Å². The molecule has 2 aromatic heterocycles. The van der Waals surface area contributed by atoms with Crippen LogP contribution < -0.4 is 10.6 Å². The molecule has 0 atom stereocenters. The van der Waals surface area contributed by atoms with E-state index in [1.54, 1.807) is 0 Å². The van der Waals surface area contributed by atoms with Crippen LogP contribution in [0.4, 0.5) is 5.82 Å². The highest BCUT2D eigenvalue weighted by atomic mass is 16.1. The molecular weight excluding hydrogens is 266 g/mol. The van der Waals surface area contributed by atoms with Crippen molar-refractivity contribution in [2.75, 3.05) is 18.4 Å². The van der Waals surface area contributed by atoms with Gasteiger partial charge >= 0.3 is 0 Å². The number of hydrogen-bond acceptors (Lipinski definition) is 4. The van der Waals surface area contributed by atoms with Crippen molar-refractivity contribution in [1.29, 1.82) is 0 Å². The molecule has 6 nitrogen and oxygen atoms in total. The fraction of sp³-hybridized carbons (Fsp3) is 0.400. The maximum Gasteiger partial charge on any atom is 0.220 e. The van der Waals surface area contributed by atoms with Crippen LogP contribution >= 0.6 is 0 Å². The molecule has 0 bridgehead atoms. The standard InChI is InChI=1S/C15H21N5O/c1-12(2)9-15(21)17-6-5-16-13-10-14(19-11-18-13)20-7-3-4-8-20/h3-4,7-8,10-12H,5-6,9H2,1-2H3,(H,17,21)(H,16,18,19). The van der Waals surface area contributed by atoms with Crippen molar-refractivity contribution in [2.24, 2.45) is 5.92 Å². The molecule has 0 spiro atoms. The van der Waals surface area contributed by atoms with Gasteiger partial charge in [-0.3, -0.25) is 4.79 Å². The molecule has 21 heavy (non-hydrogen) atoms. The van der Waals surface area contributed by atoms with Crippen LogP contribution in [0.5, 0.6) is 0 Å². The molecular formula is C15H21N5O. The number of aromatic nitrogens is 3. The van der Waals surface area contributed by atoms with E-state index >= 15 is 0 Å². The van der Waals surface area contributed by atoms with E-state index < -0.39 is 0 Å². The highest BCUT2D eigenvalue weighted by molar-refractivity contribution is 5.76. The van der Waals surface area contributed by atoms with E-state index in [0.717, 1.165) is 11.6 Å². The van der Waals surface area contributed by atoms with Crippen molar-refractivity contribution in [3.05, 3.63) is 36.9 Å². The normalized spacial score (nSPS) is 10.6. The van der Waals surface area contributed by atoms with Crippen LogP contribution in [0.3, 0.4) is 0 Å². The lowest BCUT2D eigenvalue weighted by Crippen LogP contribution is -2.29. The second kappa shape index (κ2) is 7.42. The van der Waals surface area contributed by atoms with Gasteiger partial charge in [-0.2, -0.15) is 0 Å². The summed E-state index contributed by atoms with van der Waals surface area (Å²) in [5.41, 5.74) is 0. The molecule has 2 rings (SSSR count). The SMILES string of the molecule is CC(C)CC(=O)NCCNc1cc(-n2cccc2)ncn1. The van der Waals surface area contributed by atoms with Crippen LogP contribution in [0.15, 0.2) is 36.9 Å². The minimum absolute atomic E-state index is 0.0857. The molecule has 2 aromatic rings. The van der Waals surface area contributed by atoms with Crippen LogP contribution in [0.1, 0.15) is 20.3 Å². The zero-order valence-electron chi connectivity index (χ0n) is 12.4. The van der Waals surface area contributed by atoms with Gasteiger partial charge in [-0.1, -0.05) is 13.8 Å².